The molecule has 0 atom stereocenters. The van der Waals surface area contributed by atoms with Gasteiger partial charge in [0.25, 0.3) is 0 Å². The number of aromatic nitrogens is 2. The lowest BCUT2D eigenvalue weighted by molar-refractivity contribution is -0.137. The number of hydrogen-bond acceptors (Lipinski definition) is 4. The van der Waals surface area contributed by atoms with Gasteiger partial charge >= 0.3 is 12.2 Å². The number of nitrogens with one attached hydrogen (secondary N) is 3. The van der Waals surface area contributed by atoms with E-state index in [0.717, 1.165) is 10.5 Å². The Kier molecular flexibility index (Phi) is 5.96. The summed E-state index contributed by atoms with van der Waals surface area (Å²) in [4.78, 5) is 19.3. The number of pyridine rings is 2. The largest absolute Gasteiger partial charge is 0.419 e. The fraction of sp³-hybridized carbons (Fsp3) is 0.214. The summed E-state index contributed by atoms with van der Waals surface area (Å²) < 4.78 is 39.1. The molecule has 0 bridgehead atoms. The molecule has 2 aromatic rings. The number of alkyl halides is 3. The van der Waals surface area contributed by atoms with Crippen molar-refractivity contribution < 1.29 is 18.0 Å². The van der Waals surface area contributed by atoms with Crippen LogP contribution in [0.25, 0.3) is 0 Å². The maximum Gasteiger partial charge on any atom is 0.419 e. The van der Waals surface area contributed by atoms with Crippen molar-refractivity contribution in [3.63, 3.8) is 0 Å². The molecule has 6 nitrogen and oxygen atoms in total. The number of urea groups is 1. The van der Waals surface area contributed by atoms with Crippen LogP contribution < -0.4 is 16.0 Å². The summed E-state index contributed by atoms with van der Waals surface area (Å²) in [7, 11) is 0. The van der Waals surface area contributed by atoms with E-state index in [1.165, 1.54) is 18.5 Å². The van der Waals surface area contributed by atoms with Crippen molar-refractivity contribution in [3.05, 3.63) is 46.7 Å². The van der Waals surface area contributed by atoms with Gasteiger partial charge in [-0.2, -0.15) is 13.2 Å². The topological polar surface area (TPSA) is 78.9 Å². The van der Waals surface area contributed by atoms with Gasteiger partial charge in [0.15, 0.2) is 0 Å². The van der Waals surface area contributed by atoms with Crippen LogP contribution in [0.15, 0.2) is 41.1 Å². The van der Waals surface area contributed by atoms with Crippen molar-refractivity contribution in [1.29, 1.82) is 0 Å². The van der Waals surface area contributed by atoms with Crippen LogP contribution in [0.5, 0.6) is 0 Å². The summed E-state index contributed by atoms with van der Waals surface area (Å²) in [6.45, 7) is 0.192. The third-order valence-corrected chi connectivity index (χ3v) is 3.25. The summed E-state index contributed by atoms with van der Waals surface area (Å²) in [5.74, 6) is 0.0783. The fourth-order valence-corrected chi connectivity index (χ4v) is 1.98. The SMILES string of the molecule is O=C(NCCNc1ncccc1C(F)(F)F)Nc1ccc(Br)cn1. The highest BCUT2D eigenvalue weighted by Crippen LogP contribution is 2.33. The predicted molar refractivity (Wildman–Crippen MR) is 86.7 cm³/mol. The first kappa shape index (κ1) is 18.0. The zero-order valence-corrected chi connectivity index (χ0v) is 13.8. The van der Waals surface area contributed by atoms with E-state index < -0.39 is 17.8 Å². The van der Waals surface area contributed by atoms with Gasteiger partial charge in [-0.1, -0.05) is 0 Å². The van der Waals surface area contributed by atoms with Crippen molar-refractivity contribution in [2.45, 2.75) is 6.18 Å². The molecule has 0 aliphatic rings. The van der Waals surface area contributed by atoms with Gasteiger partial charge in [0.2, 0.25) is 0 Å². The van der Waals surface area contributed by atoms with Crippen LogP contribution in [-0.4, -0.2) is 29.1 Å². The minimum absolute atomic E-state index is 0.0846. The molecule has 0 spiro atoms. The molecule has 0 radical (unpaired) electrons. The Morgan fingerprint density at radius 1 is 1.17 bits per heavy atom. The lowest BCUT2D eigenvalue weighted by Crippen LogP contribution is -2.33. The second-order valence-corrected chi connectivity index (χ2v) is 5.48. The van der Waals surface area contributed by atoms with Crippen molar-refractivity contribution in [1.82, 2.24) is 15.3 Å². The standard InChI is InChI=1S/C14H13BrF3N5O/c15-9-3-4-11(22-8-9)23-13(24)21-7-6-20-12-10(14(16,17)18)2-1-5-19-12/h1-5,8H,6-7H2,(H,19,20)(H2,21,22,23,24). The molecule has 0 saturated carbocycles. The van der Waals surface area contributed by atoms with Gasteiger partial charge in [0.05, 0.1) is 5.56 Å². The van der Waals surface area contributed by atoms with E-state index in [1.807, 2.05) is 0 Å². The molecular weight excluding hydrogens is 391 g/mol. The minimum Gasteiger partial charge on any atom is -0.368 e. The Bertz CT molecular complexity index is 694. The first-order chi connectivity index (χ1) is 11.4. The van der Waals surface area contributed by atoms with Crippen LogP contribution in [0.1, 0.15) is 5.56 Å². The highest BCUT2D eigenvalue weighted by atomic mass is 79.9. The highest BCUT2D eigenvalue weighted by Gasteiger charge is 2.33. The van der Waals surface area contributed by atoms with Crippen LogP contribution in [-0.2, 0) is 6.18 Å². The lowest BCUT2D eigenvalue weighted by Gasteiger charge is -2.13. The van der Waals surface area contributed by atoms with E-state index in [4.69, 9.17) is 0 Å². The molecule has 2 aromatic heterocycles. The molecule has 0 unspecified atom stereocenters. The summed E-state index contributed by atoms with van der Waals surface area (Å²) in [5.41, 5.74) is -0.853. The van der Waals surface area contributed by atoms with Gasteiger partial charge in [-0.25, -0.2) is 14.8 Å². The molecule has 0 aliphatic heterocycles. The summed E-state index contributed by atoms with van der Waals surface area (Å²) in [6, 6.07) is 4.96. The maximum atomic E-state index is 12.8. The molecule has 2 heterocycles. The summed E-state index contributed by atoms with van der Waals surface area (Å²) in [5, 5.41) is 7.55. The number of carbonyl (C=O) groups is 1. The van der Waals surface area contributed by atoms with Gasteiger partial charge in [0.1, 0.15) is 11.6 Å². The molecule has 10 heteroatoms. The van der Waals surface area contributed by atoms with E-state index in [2.05, 4.69) is 41.8 Å². The zero-order valence-electron chi connectivity index (χ0n) is 12.2. The Balaban J connectivity index is 1.79. The fourth-order valence-electron chi connectivity index (χ4n) is 1.74. The van der Waals surface area contributed by atoms with Crippen LogP contribution in [0.3, 0.4) is 0 Å². The van der Waals surface area contributed by atoms with E-state index in [1.54, 1.807) is 12.1 Å². The summed E-state index contributed by atoms with van der Waals surface area (Å²) in [6.07, 6.45) is -1.71. The Morgan fingerprint density at radius 2 is 1.96 bits per heavy atom. The number of nitrogens with zero attached hydrogens (tertiary/aromatic N) is 2. The highest BCUT2D eigenvalue weighted by molar-refractivity contribution is 9.10. The van der Waals surface area contributed by atoms with Gasteiger partial charge in [-0.15, -0.1) is 0 Å². The molecule has 0 aromatic carbocycles. The van der Waals surface area contributed by atoms with Crippen LogP contribution in [0.2, 0.25) is 0 Å². The van der Waals surface area contributed by atoms with E-state index in [9.17, 15) is 18.0 Å². The first-order valence-corrected chi connectivity index (χ1v) is 7.58. The van der Waals surface area contributed by atoms with E-state index in [-0.39, 0.29) is 18.9 Å². The molecule has 2 amide bonds. The van der Waals surface area contributed by atoms with Crippen LogP contribution >= 0.6 is 15.9 Å². The Hall–Kier alpha value is -2.36. The Morgan fingerprint density at radius 3 is 2.62 bits per heavy atom. The molecule has 24 heavy (non-hydrogen) atoms. The van der Waals surface area contributed by atoms with Crippen LogP contribution in [0, 0.1) is 0 Å². The molecule has 2 rings (SSSR count). The average Bonchev–Trinajstić information content (AvgIpc) is 2.53. The normalized spacial score (nSPS) is 11.0. The van der Waals surface area contributed by atoms with Crippen molar-refractivity contribution >= 4 is 33.6 Å². The molecule has 128 valence electrons. The van der Waals surface area contributed by atoms with Crippen molar-refractivity contribution in [2.75, 3.05) is 23.7 Å². The van der Waals surface area contributed by atoms with Crippen LogP contribution in [0.4, 0.5) is 29.6 Å². The average molecular weight is 404 g/mol. The number of carbonyl (C=O) groups excluding carboxylic acids is 1. The smallest absolute Gasteiger partial charge is 0.368 e. The number of rotatable bonds is 5. The molecule has 0 fully saturated rings. The second-order valence-electron chi connectivity index (χ2n) is 4.57. The van der Waals surface area contributed by atoms with Crippen molar-refractivity contribution in [3.8, 4) is 0 Å². The minimum atomic E-state index is -4.49. The lowest BCUT2D eigenvalue weighted by atomic mass is 10.2. The molecular formula is C14H13BrF3N5O. The third kappa shape index (κ3) is 5.37. The molecule has 0 aliphatic carbocycles. The molecule has 3 N–H and O–H groups in total. The number of hydrogen-bond donors (Lipinski definition) is 3. The van der Waals surface area contributed by atoms with Gasteiger partial charge in [-0.3, -0.25) is 5.32 Å². The Labute approximate surface area is 144 Å². The van der Waals surface area contributed by atoms with Gasteiger partial charge < -0.3 is 10.6 Å². The van der Waals surface area contributed by atoms with Gasteiger partial charge in [-0.05, 0) is 40.2 Å². The molecule has 0 saturated heterocycles. The zero-order chi connectivity index (χ0) is 17.6. The quantitative estimate of drug-likeness (QED) is 0.667. The predicted octanol–water partition coefficient (Wildman–Crippen LogP) is 3.49. The maximum absolute atomic E-state index is 12.8. The van der Waals surface area contributed by atoms with Crippen molar-refractivity contribution in [2.24, 2.45) is 0 Å². The number of amides is 2. The van der Waals surface area contributed by atoms with E-state index in [0.29, 0.717) is 5.82 Å². The monoisotopic (exact) mass is 403 g/mol. The first-order valence-electron chi connectivity index (χ1n) is 6.79. The number of halogens is 4. The number of anilines is 2. The second kappa shape index (κ2) is 7.95. The van der Waals surface area contributed by atoms with Gasteiger partial charge in [0, 0.05) is 30.0 Å². The summed E-state index contributed by atoms with van der Waals surface area (Å²) >= 11 is 3.22. The third-order valence-electron chi connectivity index (χ3n) is 2.79. The van der Waals surface area contributed by atoms with E-state index >= 15 is 0 Å².